The topological polar surface area (TPSA) is 59.1 Å². The van der Waals surface area contributed by atoms with Crippen molar-refractivity contribution >= 4 is 27.3 Å². The third-order valence-corrected chi connectivity index (χ3v) is 7.14. The second kappa shape index (κ2) is 10.0. The van der Waals surface area contributed by atoms with Crippen molar-refractivity contribution in [3.05, 3.63) is 95.0 Å². The zero-order valence-electron chi connectivity index (χ0n) is 17.7. The van der Waals surface area contributed by atoms with E-state index in [1.807, 2.05) is 36.4 Å². The Hall–Kier alpha value is -2.42. The third kappa shape index (κ3) is 5.14. The van der Waals surface area contributed by atoms with Crippen molar-refractivity contribution in [2.24, 2.45) is 5.92 Å². The van der Waals surface area contributed by atoms with Crippen LogP contribution in [0.5, 0.6) is 0 Å². The standard InChI is InChI=1S/C24H25ClN2O4S/c1-30-27(32(28,29)23-10-6-3-7-11-23)31-18-20-14-21-15-22(25)12-13-24(21)26(17-20)16-19-8-4-2-5-9-19/h2-13,15,20H,14,16-18H2,1H3. The predicted octanol–water partition coefficient (Wildman–Crippen LogP) is 4.70. The van der Waals surface area contributed by atoms with Gasteiger partial charge in [0.2, 0.25) is 0 Å². The van der Waals surface area contributed by atoms with Crippen LogP contribution >= 0.6 is 11.6 Å². The van der Waals surface area contributed by atoms with Crippen LogP contribution in [0.25, 0.3) is 0 Å². The lowest BCUT2D eigenvalue weighted by molar-refractivity contribution is -0.291. The summed E-state index contributed by atoms with van der Waals surface area (Å²) in [5.41, 5.74) is 3.44. The number of hydrogen-bond donors (Lipinski definition) is 0. The molecule has 1 aliphatic rings. The molecular weight excluding hydrogens is 448 g/mol. The highest BCUT2D eigenvalue weighted by Gasteiger charge is 2.30. The summed E-state index contributed by atoms with van der Waals surface area (Å²) in [5.74, 6) is 0.0494. The first-order valence-electron chi connectivity index (χ1n) is 10.3. The molecule has 0 spiro atoms. The molecule has 6 nitrogen and oxygen atoms in total. The maximum Gasteiger partial charge on any atom is 0.288 e. The van der Waals surface area contributed by atoms with E-state index in [9.17, 15) is 8.42 Å². The third-order valence-electron chi connectivity index (χ3n) is 5.39. The minimum atomic E-state index is -3.93. The summed E-state index contributed by atoms with van der Waals surface area (Å²) >= 11 is 6.25. The van der Waals surface area contributed by atoms with Crippen LogP contribution in [0.1, 0.15) is 11.1 Å². The maximum atomic E-state index is 12.8. The molecule has 0 bridgehead atoms. The second-order valence-electron chi connectivity index (χ2n) is 7.70. The van der Waals surface area contributed by atoms with Crippen LogP contribution < -0.4 is 4.90 Å². The summed E-state index contributed by atoms with van der Waals surface area (Å²) in [6.07, 6.45) is 0.726. The van der Waals surface area contributed by atoms with Crippen molar-refractivity contribution in [1.29, 1.82) is 0 Å². The highest BCUT2D eigenvalue weighted by Crippen LogP contribution is 2.33. The molecule has 0 N–H and O–H groups in total. The van der Waals surface area contributed by atoms with Gasteiger partial charge in [0.1, 0.15) is 0 Å². The quantitative estimate of drug-likeness (QED) is 0.445. The molecule has 0 saturated carbocycles. The van der Waals surface area contributed by atoms with Gasteiger partial charge in [-0.3, -0.25) is 9.68 Å². The van der Waals surface area contributed by atoms with Crippen molar-refractivity contribution in [2.45, 2.75) is 17.9 Å². The summed E-state index contributed by atoms with van der Waals surface area (Å²) in [5, 5.41) is 0.676. The van der Waals surface area contributed by atoms with E-state index in [0.717, 1.165) is 24.2 Å². The molecule has 8 heteroatoms. The molecule has 0 fully saturated rings. The van der Waals surface area contributed by atoms with Crippen LogP contribution in [-0.4, -0.2) is 33.3 Å². The van der Waals surface area contributed by atoms with Crippen LogP contribution in [0.2, 0.25) is 5.02 Å². The molecule has 3 aromatic carbocycles. The fourth-order valence-electron chi connectivity index (χ4n) is 3.94. The molecule has 0 aromatic heterocycles. The van der Waals surface area contributed by atoms with Gasteiger partial charge >= 0.3 is 0 Å². The first-order valence-corrected chi connectivity index (χ1v) is 12.1. The Morgan fingerprint density at radius 2 is 1.72 bits per heavy atom. The molecule has 1 aliphatic heterocycles. The van der Waals surface area contributed by atoms with Crippen molar-refractivity contribution in [3.8, 4) is 0 Å². The van der Waals surface area contributed by atoms with E-state index in [-0.39, 0.29) is 17.4 Å². The summed E-state index contributed by atoms with van der Waals surface area (Å²) in [6, 6.07) is 24.2. The minimum Gasteiger partial charge on any atom is -0.367 e. The molecular formula is C24H25ClN2O4S. The summed E-state index contributed by atoms with van der Waals surface area (Å²) in [7, 11) is -2.65. The highest BCUT2D eigenvalue weighted by molar-refractivity contribution is 7.88. The Morgan fingerprint density at radius 3 is 2.41 bits per heavy atom. The Bertz CT molecular complexity index is 1140. The Balaban J connectivity index is 1.51. The van der Waals surface area contributed by atoms with E-state index in [1.54, 1.807) is 18.2 Å². The Labute approximate surface area is 193 Å². The van der Waals surface area contributed by atoms with Crippen LogP contribution in [-0.2, 0) is 32.7 Å². The maximum absolute atomic E-state index is 12.8. The molecule has 0 saturated heterocycles. The van der Waals surface area contributed by atoms with Gasteiger partial charge in [-0.1, -0.05) is 60.1 Å². The van der Waals surface area contributed by atoms with Crippen LogP contribution in [0.4, 0.5) is 5.69 Å². The minimum absolute atomic E-state index is 0.0494. The highest BCUT2D eigenvalue weighted by atomic mass is 35.5. The van der Waals surface area contributed by atoms with E-state index >= 15 is 0 Å². The number of sulfonamides is 1. The zero-order valence-corrected chi connectivity index (χ0v) is 19.3. The summed E-state index contributed by atoms with van der Waals surface area (Å²) in [6.45, 7) is 1.63. The van der Waals surface area contributed by atoms with Gasteiger partial charge in [-0.25, -0.2) is 8.42 Å². The largest absolute Gasteiger partial charge is 0.367 e. The lowest BCUT2D eigenvalue weighted by Crippen LogP contribution is -2.39. The van der Waals surface area contributed by atoms with E-state index < -0.39 is 10.0 Å². The van der Waals surface area contributed by atoms with Crippen molar-refractivity contribution in [2.75, 3.05) is 25.2 Å². The lowest BCUT2D eigenvalue weighted by atomic mass is 9.92. The average Bonchev–Trinajstić information content (AvgIpc) is 2.80. The normalized spacial score (nSPS) is 16.2. The van der Waals surface area contributed by atoms with E-state index in [0.29, 0.717) is 16.2 Å². The van der Waals surface area contributed by atoms with Gasteiger partial charge in [-0.2, -0.15) is 0 Å². The number of hydrogen-bond acceptors (Lipinski definition) is 5. The number of rotatable bonds is 8. The van der Waals surface area contributed by atoms with E-state index in [2.05, 4.69) is 17.0 Å². The number of benzene rings is 3. The first-order chi connectivity index (χ1) is 15.5. The molecule has 3 aromatic rings. The van der Waals surface area contributed by atoms with Gasteiger partial charge in [0.15, 0.2) is 0 Å². The molecule has 0 aliphatic carbocycles. The second-order valence-corrected chi connectivity index (χ2v) is 9.86. The molecule has 168 valence electrons. The molecule has 32 heavy (non-hydrogen) atoms. The predicted molar refractivity (Wildman–Crippen MR) is 125 cm³/mol. The smallest absolute Gasteiger partial charge is 0.288 e. The van der Waals surface area contributed by atoms with E-state index in [1.165, 1.54) is 24.8 Å². The summed E-state index contributed by atoms with van der Waals surface area (Å²) in [4.78, 5) is 13.1. The lowest BCUT2D eigenvalue weighted by Gasteiger charge is -2.36. The fraction of sp³-hybridized carbons (Fsp3) is 0.250. The van der Waals surface area contributed by atoms with Gasteiger partial charge in [-0.15, -0.1) is 0 Å². The van der Waals surface area contributed by atoms with Gasteiger partial charge in [0.25, 0.3) is 10.0 Å². The van der Waals surface area contributed by atoms with Crippen LogP contribution in [0.3, 0.4) is 0 Å². The fourth-order valence-corrected chi connectivity index (χ4v) is 5.21. The number of anilines is 1. The van der Waals surface area contributed by atoms with E-state index in [4.69, 9.17) is 21.3 Å². The van der Waals surface area contributed by atoms with Crippen LogP contribution in [0.15, 0.2) is 83.8 Å². The molecule has 4 rings (SSSR count). The Kier molecular flexibility index (Phi) is 7.13. The number of nitrogens with zero attached hydrogens (tertiary/aromatic N) is 2. The average molecular weight is 473 g/mol. The molecule has 0 amide bonds. The van der Waals surface area contributed by atoms with Gasteiger partial charge in [0.05, 0.1) is 23.2 Å². The van der Waals surface area contributed by atoms with Gasteiger partial charge in [0, 0.05) is 29.7 Å². The molecule has 0 radical (unpaired) electrons. The van der Waals surface area contributed by atoms with Crippen molar-refractivity contribution in [1.82, 2.24) is 4.63 Å². The molecule has 1 atom stereocenters. The van der Waals surface area contributed by atoms with Gasteiger partial charge in [-0.05, 0) is 47.9 Å². The Morgan fingerprint density at radius 1 is 1.03 bits per heavy atom. The van der Waals surface area contributed by atoms with Crippen molar-refractivity contribution < 1.29 is 18.1 Å². The first kappa shape index (κ1) is 22.8. The monoisotopic (exact) mass is 472 g/mol. The van der Waals surface area contributed by atoms with Crippen LogP contribution in [0, 0.1) is 5.92 Å². The molecule has 1 unspecified atom stereocenters. The SMILES string of the molecule is CON(OCC1Cc2cc(Cl)ccc2N(Cc2ccccc2)C1)S(=O)(=O)c1ccccc1. The number of fused-ring (bicyclic) bond motifs is 1. The molecule has 1 heterocycles. The van der Waals surface area contributed by atoms with Crippen molar-refractivity contribution in [3.63, 3.8) is 0 Å². The zero-order chi connectivity index (χ0) is 22.6. The van der Waals surface area contributed by atoms with Gasteiger partial charge < -0.3 is 4.90 Å². The number of halogens is 1. The summed E-state index contributed by atoms with van der Waals surface area (Å²) < 4.78 is 26.3.